The van der Waals surface area contributed by atoms with Crippen molar-refractivity contribution < 1.29 is 4.43 Å². The second-order valence-corrected chi connectivity index (χ2v) is 9.85. The van der Waals surface area contributed by atoms with Gasteiger partial charge in [0.1, 0.15) is 0 Å². The number of rotatable bonds is 5. The predicted molar refractivity (Wildman–Crippen MR) is 71.5 cm³/mol. The van der Waals surface area contributed by atoms with Crippen molar-refractivity contribution in [1.82, 2.24) is 0 Å². The van der Waals surface area contributed by atoms with Crippen LogP contribution in [0.1, 0.15) is 23.1 Å². The van der Waals surface area contributed by atoms with E-state index in [-0.39, 0.29) is 0 Å². The van der Waals surface area contributed by atoms with E-state index < -0.39 is 8.32 Å². The van der Waals surface area contributed by atoms with Crippen LogP contribution in [0.15, 0.2) is 18.2 Å². The van der Waals surface area contributed by atoms with Crippen LogP contribution in [0.3, 0.4) is 0 Å². The van der Waals surface area contributed by atoms with E-state index in [1.54, 1.807) is 11.1 Å². The third-order valence-electron chi connectivity index (χ3n) is 3.73. The molecule has 1 aromatic carbocycles. The lowest BCUT2D eigenvalue weighted by molar-refractivity contribution is 0.402. The zero-order chi connectivity index (χ0) is 11.6. The smallest absolute Gasteiger partial charge is 0.186 e. The van der Waals surface area contributed by atoms with E-state index >= 15 is 0 Å². The summed E-state index contributed by atoms with van der Waals surface area (Å²) in [6, 6.07) is 8.28. The molecule has 0 fully saturated rings. The van der Waals surface area contributed by atoms with Gasteiger partial charge in [-0.1, -0.05) is 18.2 Å². The van der Waals surface area contributed by atoms with Crippen LogP contribution in [-0.4, -0.2) is 15.4 Å². The van der Waals surface area contributed by atoms with Crippen LogP contribution in [0.4, 0.5) is 0 Å². The van der Waals surface area contributed by atoms with Crippen LogP contribution in [0.5, 0.6) is 0 Å². The molecular weight excluding hydrogens is 212 g/mol. The maximum atomic E-state index is 5.57. The van der Waals surface area contributed by atoms with Gasteiger partial charge in [-0.15, -0.1) is 0 Å². The normalized spacial score (nSPS) is 14.4. The molecule has 0 amide bonds. The third-order valence-corrected chi connectivity index (χ3v) is 6.39. The maximum Gasteiger partial charge on any atom is 0.186 e. The highest BCUT2D eigenvalue weighted by molar-refractivity contribution is 6.71. The van der Waals surface area contributed by atoms with Crippen molar-refractivity contribution in [3.63, 3.8) is 0 Å². The highest BCUT2D eigenvalue weighted by atomic mass is 28.4. The van der Waals surface area contributed by atoms with E-state index in [1.807, 2.05) is 7.11 Å². The van der Waals surface area contributed by atoms with E-state index in [4.69, 9.17) is 4.43 Å². The Balaban J connectivity index is 1.83. The van der Waals surface area contributed by atoms with E-state index in [9.17, 15) is 0 Å². The number of hydrogen-bond acceptors (Lipinski definition) is 1. The summed E-state index contributed by atoms with van der Waals surface area (Å²) >= 11 is 0. The molecule has 1 aliphatic rings. The third kappa shape index (κ3) is 2.74. The zero-order valence-corrected chi connectivity index (χ0v) is 11.7. The minimum Gasteiger partial charge on any atom is -0.420 e. The molecule has 2 heteroatoms. The Morgan fingerprint density at radius 2 is 1.94 bits per heavy atom. The van der Waals surface area contributed by atoms with Crippen LogP contribution in [0.2, 0.25) is 19.1 Å². The summed E-state index contributed by atoms with van der Waals surface area (Å²) in [6.07, 6.45) is 5.07. The molecule has 0 spiro atoms. The molecule has 0 aliphatic heterocycles. The van der Waals surface area contributed by atoms with Crippen LogP contribution < -0.4 is 0 Å². The highest BCUT2D eigenvalue weighted by Gasteiger charge is 2.19. The lowest BCUT2D eigenvalue weighted by atomic mass is 9.87. The second kappa shape index (κ2) is 4.72. The van der Waals surface area contributed by atoms with Crippen LogP contribution in [-0.2, 0) is 23.7 Å². The first kappa shape index (κ1) is 11.9. The summed E-state index contributed by atoms with van der Waals surface area (Å²) in [5.74, 6) is 0. The summed E-state index contributed by atoms with van der Waals surface area (Å²) in [4.78, 5) is 0. The van der Waals surface area contributed by atoms with E-state index in [2.05, 4.69) is 31.3 Å². The first-order chi connectivity index (χ1) is 7.61. The fourth-order valence-electron chi connectivity index (χ4n) is 2.22. The largest absolute Gasteiger partial charge is 0.420 e. The zero-order valence-electron chi connectivity index (χ0n) is 10.7. The molecular formula is C14H22OSi. The standard InChI is InChI=1S/C14H22OSi/c1-15-16(2,3)10-4-5-12-6-7-13-8-9-14(13)11-12/h6-7,11H,4-5,8-10H2,1-3H3. The number of fused-ring (bicyclic) bond motifs is 1. The van der Waals surface area contributed by atoms with E-state index in [0.29, 0.717) is 0 Å². The molecule has 0 saturated carbocycles. The first-order valence-corrected chi connectivity index (χ1v) is 9.38. The molecule has 88 valence electrons. The van der Waals surface area contributed by atoms with Crippen LogP contribution in [0.25, 0.3) is 0 Å². The second-order valence-electron chi connectivity index (χ2n) is 5.42. The number of hydrogen-bond donors (Lipinski definition) is 0. The SMILES string of the molecule is CO[Si](C)(C)CCCc1ccc2c(c1)CC2. The van der Waals surface area contributed by atoms with Crippen molar-refractivity contribution in [2.24, 2.45) is 0 Å². The molecule has 0 heterocycles. The van der Waals surface area contributed by atoms with Crippen molar-refractivity contribution in [2.45, 2.75) is 44.8 Å². The summed E-state index contributed by atoms with van der Waals surface area (Å²) in [5, 5.41) is 0. The van der Waals surface area contributed by atoms with Gasteiger partial charge < -0.3 is 4.43 Å². The Morgan fingerprint density at radius 3 is 2.50 bits per heavy atom. The molecule has 16 heavy (non-hydrogen) atoms. The van der Waals surface area contributed by atoms with Gasteiger partial charge in [0, 0.05) is 7.11 Å². The average molecular weight is 234 g/mol. The molecule has 0 saturated heterocycles. The van der Waals surface area contributed by atoms with Gasteiger partial charge in [0.05, 0.1) is 0 Å². The lowest BCUT2D eigenvalue weighted by Gasteiger charge is -2.21. The topological polar surface area (TPSA) is 9.23 Å². The monoisotopic (exact) mass is 234 g/mol. The van der Waals surface area contributed by atoms with Crippen molar-refractivity contribution in [1.29, 1.82) is 0 Å². The minimum atomic E-state index is -1.34. The lowest BCUT2D eigenvalue weighted by Crippen LogP contribution is -2.28. The van der Waals surface area contributed by atoms with Gasteiger partial charge in [-0.25, -0.2) is 0 Å². The average Bonchev–Trinajstić information content (AvgIpc) is 2.22. The summed E-state index contributed by atoms with van der Waals surface area (Å²) in [7, 11) is 0.517. The van der Waals surface area contributed by atoms with Crippen molar-refractivity contribution in [3.8, 4) is 0 Å². The summed E-state index contributed by atoms with van der Waals surface area (Å²) < 4.78 is 5.57. The fourth-order valence-corrected chi connectivity index (χ4v) is 3.46. The summed E-state index contributed by atoms with van der Waals surface area (Å²) in [6.45, 7) is 4.59. The molecule has 0 bridgehead atoms. The molecule has 0 N–H and O–H groups in total. The molecule has 0 atom stereocenters. The van der Waals surface area contributed by atoms with E-state index in [0.717, 1.165) is 0 Å². The Kier molecular flexibility index (Phi) is 3.50. The van der Waals surface area contributed by atoms with Gasteiger partial charge in [0.2, 0.25) is 0 Å². The predicted octanol–water partition coefficient (Wildman–Crippen LogP) is 3.57. The van der Waals surface area contributed by atoms with Crippen molar-refractivity contribution in [2.75, 3.05) is 7.11 Å². The molecule has 1 aromatic rings. The molecule has 2 rings (SSSR count). The van der Waals surface area contributed by atoms with Crippen molar-refractivity contribution in [3.05, 3.63) is 34.9 Å². The maximum absolute atomic E-state index is 5.57. The van der Waals surface area contributed by atoms with E-state index in [1.165, 1.54) is 37.3 Å². The van der Waals surface area contributed by atoms with Crippen molar-refractivity contribution >= 4 is 8.32 Å². The Labute approximate surface area is 100.0 Å². The number of aryl methyl sites for hydroxylation is 3. The van der Waals surface area contributed by atoms with Gasteiger partial charge >= 0.3 is 0 Å². The van der Waals surface area contributed by atoms with Gasteiger partial charge in [0.15, 0.2) is 8.32 Å². The van der Waals surface area contributed by atoms with Crippen LogP contribution in [0, 0.1) is 0 Å². The first-order valence-electron chi connectivity index (χ1n) is 6.26. The van der Waals surface area contributed by atoms with Gasteiger partial charge in [0.25, 0.3) is 0 Å². The van der Waals surface area contributed by atoms with Gasteiger partial charge in [-0.3, -0.25) is 0 Å². The highest BCUT2D eigenvalue weighted by Crippen LogP contribution is 2.24. The fraction of sp³-hybridized carbons (Fsp3) is 0.571. The van der Waals surface area contributed by atoms with Gasteiger partial charge in [-0.05, 0) is 61.5 Å². The molecule has 0 aromatic heterocycles. The Hall–Kier alpha value is -0.603. The quantitative estimate of drug-likeness (QED) is 0.708. The molecule has 1 nitrogen and oxygen atoms in total. The number of benzene rings is 1. The van der Waals surface area contributed by atoms with Crippen LogP contribution >= 0.6 is 0 Å². The van der Waals surface area contributed by atoms with Gasteiger partial charge in [-0.2, -0.15) is 0 Å². The molecule has 0 unspecified atom stereocenters. The molecule has 1 aliphatic carbocycles. The minimum absolute atomic E-state index is 1.22. The summed E-state index contributed by atoms with van der Waals surface area (Å²) in [5.41, 5.74) is 4.66. The molecule has 0 radical (unpaired) electrons. The Morgan fingerprint density at radius 1 is 1.19 bits per heavy atom. The Bertz CT molecular complexity index is 371.